The van der Waals surface area contributed by atoms with Crippen molar-refractivity contribution in [2.24, 2.45) is 0 Å². The van der Waals surface area contributed by atoms with Crippen LogP contribution in [-0.4, -0.2) is 15.5 Å². The van der Waals surface area contributed by atoms with E-state index in [9.17, 15) is 14.4 Å². The zero-order valence-corrected chi connectivity index (χ0v) is 7.98. The van der Waals surface area contributed by atoms with Crippen molar-refractivity contribution in [1.29, 1.82) is 0 Å². The van der Waals surface area contributed by atoms with E-state index in [4.69, 9.17) is 0 Å². The van der Waals surface area contributed by atoms with E-state index in [1.165, 1.54) is 6.92 Å². The van der Waals surface area contributed by atoms with Crippen LogP contribution >= 0.6 is 0 Å². The number of carbonyl (C=O) groups excluding carboxylic acids is 1. The van der Waals surface area contributed by atoms with Crippen LogP contribution in [0.4, 0.5) is 0 Å². The Morgan fingerprint density at radius 3 is 2.60 bits per heavy atom. The van der Waals surface area contributed by atoms with Crippen molar-refractivity contribution in [3.63, 3.8) is 0 Å². The van der Waals surface area contributed by atoms with Crippen molar-refractivity contribution < 1.29 is 4.79 Å². The first-order valence-corrected chi connectivity index (χ1v) is 4.36. The highest BCUT2D eigenvalue weighted by atomic mass is 16.2. The Morgan fingerprint density at radius 2 is 1.93 bits per heavy atom. The fourth-order valence-corrected chi connectivity index (χ4v) is 1.50. The first kappa shape index (κ1) is 9.39. The number of para-hydroxylation sites is 1. The van der Waals surface area contributed by atoms with Gasteiger partial charge >= 0.3 is 5.69 Å². The molecule has 0 atom stereocenters. The number of aromatic nitrogens is 2. The summed E-state index contributed by atoms with van der Waals surface area (Å²) in [6, 6.07) is 6.47. The first-order chi connectivity index (χ1) is 7.11. The molecule has 2 rings (SSSR count). The SMILES string of the molecule is CC(=O)n1c(=O)[nH]c(=O)c2ccccc21. The molecule has 15 heavy (non-hydrogen) atoms. The van der Waals surface area contributed by atoms with Crippen LogP contribution in [0.25, 0.3) is 10.9 Å². The summed E-state index contributed by atoms with van der Waals surface area (Å²) in [5.74, 6) is -0.424. The predicted octanol–water partition coefficient (Wildman–Crippen LogP) is 0.350. The second-order valence-electron chi connectivity index (χ2n) is 3.13. The third kappa shape index (κ3) is 1.38. The van der Waals surface area contributed by atoms with Crippen LogP contribution in [0, 0.1) is 0 Å². The minimum atomic E-state index is -0.703. The highest BCUT2D eigenvalue weighted by Crippen LogP contribution is 2.05. The van der Waals surface area contributed by atoms with Crippen LogP contribution in [0.2, 0.25) is 0 Å². The Morgan fingerprint density at radius 1 is 1.27 bits per heavy atom. The van der Waals surface area contributed by atoms with Crippen LogP contribution in [-0.2, 0) is 0 Å². The van der Waals surface area contributed by atoms with Gasteiger partial charge in [-0.25, -0.2) is 9.36 Å². The Hall–Kier alpha value is -2.17. The maximum Gasteiger partial charge on any atom is 0.335 e. The summed E-state index contributed by atoms with van der Waals surface area (Å²) in [5, 5.41) is 0.326. The van der Waals surface area contributed by atoms with Gasteiger partial charge in [0.15, 0.2) is 0 Å². The normalized spacial score (nSPS) is 10.5. The number of aromatic amines is 1. The molecule has 0 aliphatic heterocycles. The monoisotopic (exact) mass is 204 g/mol. The van der Waals surface area contributed by atoms with Crippen LogP contribution < -0.4 is 11.2 Å². The highest BCUT2D eigenvalue weighted by molar-refractivity contribution is 5.89. The summed E-state index contributed by atoms with van der Waals surface area (Å²) in [6.45, 7) is 1.27. The number of carbonyl (C=O) groups is 1. The molecular formula is C10H8N2O3. The molecule has 0 amide bonds. The third-order valence-electron chi connectivity index (χ3n) is 2.13. The summed E-state index contributed by atoms with van der Waals surface area (Å²) < 4.78 is 0.941. The Labute approximate surface area is 84.0 Å². The maximum absolute atomic E-state index is 11.4. The topological polar surface area (TPSA) is 71.9 Å². The van der Waals surface area contributed by atoms with E-state index in [1.54, 1.807) is 24.3 Å². The molecule has 0 fully saturated rings. The fourth-order valence-electron chi connectivity index (χ4n) is 1.50. The first-order valence-electron chi connectivity index (χ1n) is 4.36. The molecule has 0 unspecified atom stereocenters. The van der Waals surface area contributed by atoms with Crippen molar-refractivity contribution in [2.75, 3.05) is 0 Å². The lowest BCUT2D eigenvalue weighted by Gasteiger charge is -2.03. The summed E-state index contributed by atoms with van der Waals surface area (Å²) in [6.07, 6.45) is 0. The van der Waals surface area contributed by atoms with Crippen LogP contribution in [0.15, 0.2) is 33.9 Å². The molecule has 5 nitrogen and oxygen atoms in total. The molecule has 0 aliphatic rings. The lowest BCUT2D eigenvalue weighted by atomic mass is 10.2. The van der Waals surface area contributed by atoms with Gasteiger partial charge in [-0.2, -0.15) is 0 Å². The van der Waals surface area contributed by atoms with Crippen molar-refractivity contribution in [2.45, 2.75) is 6.92 Å². The second kappa shape index (κ2) is 3.20. The van der Waals surface area contributed by atoms with Gasteiger partial charge in [0.25, 0.3) is 5.56 Å². The number of nitrogens with one attached hydrogen (secondary N) is 1. The minimum Gasteiger partial charge on any atom is -0.274 e. The molecule has 0 saturated carbocycles. The number of benzene rings is 1. The lowest BCUT2D eigenvalue weighted by molar-refractivity contribution is 0.0936. The molecular weight excluding hydrogens is 196 g/mol. The molecule has 1 N–H and O–H groups in total. The number of hydrogen-bond acceptors (Lipinski definition) is 3. The lowest BCUT2D eigenvalue weighted by Crippen LogP contribution is -2.33. The minimum absolute atomic E-state index is 0.326. The number of nitrogens with zero attached hydrogens (tertiary/aromatic N) is 1. The molecule has 76 valence electrons. The summed E-state index contributed by atoms with van der Waals surface area (Å²) in [4.78, 5) is 36.1. The van der Waals surface area contributed by atoms with Crippen molar-refractivity contribution in [3.05, 3.63) is 45.1 Å². The Bertz CT molecular complexity index is 652. The number of H-pyrrole nitrogens is 1. The maximum atomic E-state index is 11.4. The standard InChI is InChI=1S/C10H8N2O3/c1-6(13)12-8-5-3-2-4-7(8)9(14)11-10(12)15/h2-5H,1H3,(H,11,14,15). The average molecular weight is 204 g/mol. The quantitative estimate of drug-likeness (QED) is 0.673. The van der Waals surface area contributed by atoms with E-state index >= 15 is 0 Å². The van der Waals surface area contributed by atoms with E-state index in [-0.39, 0.29) is 0 Å². The highest BCUT2D eigenvalue weighted by Gasteiger charge is 2.08. The Kier molecular flexibility index (Phi) is 2.00. The molecule has 1 aromatic carbocycles. The predicted molar refractivity (Wildman–Crippen MR) is 55.1 cm³/mol. The van der Waals surface area contributed by atoms with Crippen molar-refractivity contribution >= 4 is 16.8 Å². The van der Waals surface area contributed by atoms with E-state index in [0.29, 0.717) is 10.9 Å². The van der Waals surface area contributed by atoms with Gasteiger partial charge in [-0.15, -0.1) is 0 Å². The number of hydrogen-bond donors (Lipinski definition) is 1. The van der Waals surface area contributed by atoms with Gasteiger partial charge in [-0.3, -0.25) is 14.6 Å². The zero-order chi connectivity index (χ0) is 11.0. The van der Waals surface area contributed by atoms with E-state index in [2.05, 4.69) is 4.98 Å². The molecule has 0 saturated heterocycles. The van der Waals surface area contributed by atoms with E-state index in [1.807, 2.05) is 0 Å². The van der Waals surface area contributed by atoms with Crippen molar-refractivity contribution in [3.8, 4) is 0 Å². The van der Waals surface area contributed by atoms with Crippen LogP contribution in [0.3, 0.4) is 0 Å². The average Bonchev–Trinajstić information content (AvgIpc) is 2.17. The zero-order valence-electron chi connectivity index (χ0n) is 7.98. The smallest absolute Gasteiger partial charge is 0.274 e. The van der Waals surface area contributed by atoms with Gasteiger partial charge in [0.05, 0.1) is 10.9 Å². The van der Waals surface area contributed by atoms with E-state index in [0.717, 1.165) is 4.57 Å². The van der Waals surface area contributed by atoms with Crippen LogP contribution in [0.5, 0.6) is 0 Å². The fraction of sp³-hybridized carbons (Fsp3) is 0.100. The molecule has 0 aliphatic carbocycles. The van der Waals surface area contributed by atoms with Gasteiger partial charge in [0.2, 0.25) is 5.91 Å². The van der Waals surface area contributed by atoms with Gasteiger partial charge in [-0.1, -0.05) is 12.1 Å². The van der Waals surface area contributed by atoms with Gasteiger partial charge in [0.1, 0.15) is 0 Å². The second-order valence-corrected chi connectivity index (χ2v) is 3.13. The van der Waals surface area contributed by atoms with Gasteiger partial charge in [0, 0.05) is 6.92 Å². The third-order valence-corrected chi connectivity index (χ3v) is 2.13. The number of fused-ring (bicyclic) bond motifs is 1. The summed E-state index contributed by atoms with van der Waals surface area (Å²) in [7, 11) is 0. The summed E-state index contributed by atoms with van der Waals surface area (Å²) in [5.41, 5.74) is -0.849. The number of rotatable bonds is 0. The Balaban J connectivity index is 3.10. The molecule has 0 spiro atoms. The molecule has 1 heterocycles. The molecule has 2 aromatic rings. The molecule has 0 bridgehead atoms. The van der Waals surface area contributed by atoms with Crippen molar-refractivity contribution in [1.82, 2.24) is 9.55 Å². The summed E-state index contributed by atoms with van der Waals surface area (Å²) >= 11 is 0. The van der Waals surface area contributed by atoms with Gasteiger partial charge < -0.3 is 0 Å². The molecule has 1 aromatic heterocycles. The largest absolute Gasteiger partial charge is 0.335 e. The van der Waals surface area contributed by atoms with E-state index < -0.39 is 17.2 Å². The molecule has 5 heteroatoms. The van der Waals surface area contributed by atoms with Crippen LogP contribution in [0.1, 0.15) is 11.7 Å². The molecule has 0 radical (unpaired) electrons. The van der Waals surface area contributed by atoms with Gasteiger partial charge in [-0.05, 0) is 12.1 Å².